The number of aromatic nitrogens is 2. The Balaban J connectivity index is 1.69. The fourth-order valence-corrected chi connectivity index (χ4v) is 3.08. The lowest BCUT2D eigenvalue weighted by atomic mass is 10.3. The van der Waals surface area contributed by atoms with E-state index in [0.717, 1.165) is 5.01 Å². The van der Waals surface area contributed by atoms with E-state index < -0.39 is 0 Å². The number of hydrogen-bond donors (Lipinski definition) is 2. The highest BCUT2D eigenvalue weighted by Gasteiger charge is 2.08. The third-order valence-corrected chi connectivity index (χ3v) is 4.38. The standard InChI is InChI=1S/C13H13FN4O2S2/c1-8-17-18-13(22-8)21-7-12(20)15-6-11(19)16-10-4-2-9(14)3-5-10/h2-5H,6-7H2,1H3,(H,15,20)(H,16,19). The van der Waals surface area contributed by atoms with Gasteiger partial charge in [-0.2, -0.15) is 0 Å². The molecule has 116 valence electrons. The predicted molar refractivity (Wildman–Crippen MR) is 83.4 cm³/mol. The first-order chi connectivity index (χ1) is 10.5. The van der Waals surface area contributed by atoms with E-state index in [4.69, 9.17) is 0 Å². The van der Waals surface area contributed by atoms with Crippen molar-refractivity contribution in [1.29, 1.82) is 0 Å². The first kappa shape index (κ1) is 16.4. The monoisotopic (exact) mass is 340 g/mol. The Bertz CT molecular complexity index is 660. The highest BCUT2D eigenvalue weighted by Crippen LogP contribution is 2.21. The highest BCUT2D eigenvalue weighted by molar-refractivity contribution is 8.01. The fourth-order valence-electron chi connectivity index (χ4n) is 1.43. The zero-order chi connectivity index (χ0) is 15.9. The summed E-state index contributed by atoms with van der Waals surface area (Å²) in [7, 11) is 0. The third-order valence-electron chi connectivity index (χ3n) is 2.41. The zero-order valence-corrected chi connectivity index (χ0v) is 13.3. The number of aryl methyl sites for hydroxylation is 1. The molecule has 0 bridgehead atoms. The van der Waals surface area contributed by atoms with E-state index >= 15 is 0 Å². The van der Waals surface area contributed by atoms with Crippen LogP contribution in [0.15, 0.2) is 28.6 Å². The molecule has 0 aliphatic heterocycles. The molecule has 0 unspecified atom stereocenters. The first-order valence-corrected chi connectivity index (χ1v) is 8.08. The number of carbonyl (C=O) groups is 2. The average Bonchev–Trinajstić information content (AvgIpc) is 2.91. The molecule has 0 atom stereocenters. The van der Waals surface area contributed by atoms with Crippen LogP contribution in [0, 0.1) is 12.7 Å². The van der Waals surface area contributed by atoms with Gasteiger partial charge in [-0.25, -0.2) is 4.39 Å². The lowest BCUT2D eigenvalue weighted by Crippen LogP contribution is -2.33. The van der Waals surface area contributed by atoms with Crippen LogP contribution in [-0.4, -0.2) is 34.3 Å². The van der Waals surface area contributed by atoms with Gasteiger partial charge in [0.1, 0.15) is 10.8 Å². The molecule has 6 nitrogen and oxygen atoms in total. The summed E-state index contributed by atoms with van der Waals surface area (Å²) in [6.45, 7) is 1.69. The van der Waals surface area contributed by atoms with Crippen LogP contribution in [0.3, 0.4) is 0 Å². The van der Waals surface area contributed by atoms with Crippen molar-refractivity contribution >= 4 is 40.6 Å². The number of rotatable bonds is 6. The second kappa shape index (κ2) is 7.85. The number of amides is 2. The molecule has 1 aromatic carbocycles. The molecule has 0 aliphatic rings. The maximum Gasteiger partial charge on any atom is 0.243 e. The summed E-state index contributed by atoms with van der Waals surface area (Å²) >= 11 is 2.67. The lowest BCUT2D eigenvalue weighted by molar-refractivity contribution is -0.122. The van der Waals surface area contributed by atoms with E-state index in [1.165, 1.54) is 47.4 Å². The minimum atomic E-state index is -0.379. The molecule has 2 rings (SSSR count). The molecule has 2 N–H and O–H groups in total. The molecule has 2 aromatic rings. The Kier molecular flexibility index (Phi) is 5.84. The molecule has 0 spiro atoms. The summed E-state index contributed by atoms with van der Waals surface area (Å²) < 4.78 is 13.4. The van der Waals surface area contributed by atoms with Gasteiger partial charge in [0.2, 0.25) is 11.8 Å². The van der Waals surface area contributed by atoms with E-state index in [1.54, 1.807) is 0 Å². The molecule has 9 heteroatoms. The van der Waals surface area contributed by atoms with Gasteiger partial charge in [0, 0.05) is 5.69 Å². The summed E-state index contributed by atoms with van der Waals surface area (Å²) in [5.74, 6) is -0.864. The van der Waals surface area contributed by atoms with Crippen molar-refractivity contribution in [2.75, 3.05) is 17.6 Å². The van der Waals surface area contributed by atoms with Crippen LogP contribution in [0.25, 0.3) is 0 Å². The minimum absolute atomic E-state index is 0.147. The van der Waals surface area contributed by atoms with Crippen LogP contribution in [0.5, 0.6) is 0 Å². The van der Waals surface area contributed by atoms with E-state index in [0.29, 0.717) is 10.0 Å². The van der Waals surface area contributed by atoms with Crippen molar-refractivity contribution in [3.05, 3.63) is 35.1 Å². The van der Waals surface area contributed by atoms with Gasteiger partial charge in [0.25, 0.3) is 0 Å². The number of benzene rings is 1. The van der Waals surface area contributed by atoms with Crippen molar-refractivity contribution in [3.63, 3.8) is 0 Å². The topological polar surface area (TPSA) is 84.0 Å². The summed E-state index contributed by atoms with van der Waals surface area (Å²) in [6, 6.07) is 5.38. The Morgan fingerprint density at radius 1 is 1.23 bits per heavy atom. The Labute approximate surface area is 134 Å². The van der Waals surface area contributed by atoms with Gasteiger partial charge < -0.3 is 10.6 Å². The van der Waals surface area contributed by atoms with Crippen LogP contribution in [0.1, 0.15) is 5.01 Å². The van der Waals surface area contributed by atoms with Crippen LogP contribution in [0.2, 0.25) is 0 Å². The zero-order valence-electron chi connectivity index (χ0n) is 11.6. The van der Waals surface area contributed by atoms with Crippen molar-refractivity contribution < 1.29 is 14.0 Å². The molecule has 0 radical (unpaired) electrons. The molecule has 0 fully saturated rings. The Hall–Kier alpha value is -2.00. The average molecular weight is 340 g/mol. The van der Waals surface area contributed by atoms with E-state index in [1.807, 2.05) is 6.92 Å². The molecule has 22 heavy (non-hydrogen) atoms. The SMILES string of the molecule is Cc1nnc(SCC(=O)NCC(=O)Nc2ccc(F)cc2)s1. The van der Waals surface area contributed by atoms with E-state index in [-0.39, 0.29) is 29.9 Å². The molecular formula is C13H13FN4O2S2. The number of nitrogens with zero attached hydrogens (tertiary/aromatic N) is 2. The van der Waals surface area contributed by atoms with Crippen LogP contribution in [0.4, 0.5) is 10.1 Å². The number of nitrogens with one attached hydrogen (secondary N) is 2. The lowest BCUT2D eigenvalue weighted by Gasteiger charge is -2.06. The van der Waals surface area contributed by atoms with Crippen LogP contribution in [-0.2, 0) is 9.59 Å². The molecule has 1 heterocycles. The quantitative estimate of drug-likeness (QED) is 0.784. The minimum Gasteiger partial charge on any atom is -0.346 e. The number of hydrogen-bond acceptors (Lipinski definition) is 6. The van der Waals surface area contributed by atoms with Crippen LogP contribution >= 0.6 is 23.1 Å². The molecule has 1 aromatic heterocycles. The molecule has 2 amide bonds. The number of halogens is 1. The second-order valence-corrected chi connectivity index (χ2v) is 6.61. The van der Waals surface area contributed by atoms with Crippen LogP contribution < -0.4 is 10.6 Å². The predicted octanol–water partition coefficient (Wildman–Crippen LogP) is 1.83. The normalized spacial score (nSPS) is 10.3. The van der Waals surface area contributed by atoms with Gasteiger partial charge in [-0.1, -0.05) is 23.1 Å². The van der Waals surface area contributed by atoms with Gasteiger partial charge in [0.15, 0.2) is 4.34 Å². The molecule has 0 saturated carbocycles. The Morgan fingerprint density at radius 3 is 2.59 bits per heavy atom. The molecule has 0 saturated heterocycles. The van der Waals surface area contributed by atoms with Gasteiger partial charge >= 0.3 is 0 Å². The second-order valence-electron chi connectivity index (χ2n) is 4.21. The third kappa shape index (κ3) is 5.41. The van der Waals surface area contributed by atoms with Gasteiger partial charge in [-0.3, -0.25) is 9.59 Å². The molecular weight excluding hydrogens is 327 g/mol. The van der Waals surface area contributed by atoms with Gasteiger partial charge in [-0.05, 0) is 31.2 Å². The van der Waals surface area contributed by atoms with E-state index in [2.05, 4.69) is 20.8 Å². The van der Waals surface area contributed by atoms with Gasteiger partial charge in [-0.15, -0.1) is 10.2 Å². The smallest absolute Gasteiger partial charge is 0.243 e. The largest absolute Gasteiger partial charge is 0.346 e. The number of anilines is 1. The molecule has 0 aliphatic carbocycles. The summed E-state index contributed by atoms with van der Waals surface area (Å²) in [5, 5.41) is 13.6. The number of thioether (sulfide) groups is 1. The van der Waals surface area contributed by atoms with Crippen molar-refractivity contribution in [2.24, 2.45) is 0 Å². The summed E-state index contributed by atoms with van der Waals surface area (Å²) in [5.41, 5.74) is 0.472. The maximum atomic E-state index is 12.7. The maximum absolute atomic E-state index is 12.7. The fraction of sp³-hybridized carbons (Fsp3) is 0.231. The highest BCUT2D eigenvalue weighted by atomic mass is 32.2. The number of carbonyl (C=O) groups excluding carboxylic acids is 2. The van der Waals surface area contributed by atoms with Crippen molar-refractivity contribution in [2.45, 2.75) is 11.3 Å². The van der Waals surface area contributed by atoms with E-state index in [9.17, 15) is 14.0 Å². The van der Waals surface area contributed by atoms with Crippen molar-refractivity contribution in [1.82, 2.24) is 15.5 Å². The Morgan fingerprint density at radius 2 is 1.95 bits per heavy atom. The first-order valence-electron chi connectivity index (χ1n) is 6.28. The van der Waals surface area contributed by atoms with Crippen molar-refractivity contribution in [3.8, 4) is 0 Å². The van der Waals surface area contributed by atoms with Gasteiger partial charge in [0.05, 0.1) is 12.3 Å². The summed E-state index contributed by atoms with van der Waals surface area (Å²) in [6.07, 6.45) is 0. The summed E-state index contributed by atoms with van der Waals surface area (Å²) in [4.78, 5) is 23.3.